The minimum Gasteiger partial charge on any atom is -0.258 e. The predicted octanol–water partition coefficient (Wildman–Crippen LogP) is 2.98. The maximum absolute atomic E-state index is 10.5. The number of nitro groups is 1. The highest BCUT2D eigenvalue weighted by molar-refractivity contribution is 6.32. The summed E-state index contributed by atoms with van der Waals surface area (Å²) >= 11 is 5.62. The second kappa shape index (κ2) is 4.05. The van der Waals surface area contributed by atoms with Crippen LogP contribution in [0.1, 0.15) is 5.56 Å². The molecule has 68 valence electrons. The Morgan fingerprint density at radius 3 is 2.85 bits per heavy atom. The van der Waals surface area contributed by atoms with Crippen LogP contribution in [0.5, 0.6) is 0 Å². The van der Waals surface area contributed by atoms with Crippen LogP contribution in [0.3, 0.4) is 0 Å². The maximum atomic E-state index is 10.5. The second-order valence-electron chi connectivity index (χ2n) is 2.54. The number of nitro benzene ring substituents is 1. The Morgan fingerprint density at radius 2 is 2.31 bits per heavy atom. The average Bonchev–Trinajstić information content (AvgIpc) is 2.08. The van der Waals surface area contributed by atoms with Crippen LogP contribution < -0.4 is 0 Å². The summed E-state index contributed by atoms with van der Waals surface area (Å²) in [4.78, 5) is 9.98. The zero-order valence-corrected chi connectivity index (χ0v) is 7.62. The molecule has 3 nitrogen and oxygen atoms in total. The molecule has 0 aromatic heterocycles. The van der Waals surface area contributed by atoms with Gasteiger partial charge in [-0.05, 0) is 18.1 Å². The molecule has 0 aliphatic rings. The summed E-state index contributed by atoms with van der Waals surface area (Å²) in [6, 6.07) is 4.74. The molecule has 0 fully saturated rings. The lowest BCUT2D eigenvalue weighted by Gasteiger charge is -1.98. The summed E-state index contributed by atoms with van der Waals surface area (Å²) in [5, 5.41) is 10.6. The van der Waals surface area contributed by atoms with Gasteiger partial charge in [0.2, 0.25) is 0 Å². The molecule has 0 spiro atoms. The lowest BCUT2D eigenvalue weighted by Crippen LogP contribution is -1.91. The molecule has 13 heavy (non-hydrogen) atoms. The Bertz CT molecular complexity index is 349. The van der Waals surface area contributed by atoms with E-state index in [0.717, 1.165) is 5.56 Å². The first-order valence-corrected chi connectivity index (χ1v) is 4.06. The smallest absolute Gasteiger partial charge is 0.258 e. The molecule has 0 radical (unpaired) electrons. The lowest BCUT2D eigenvalue weighted by molar-refractivity contribution is -0.384. The van der Waals surface area contributed by atoms with Gasteiger partial charge in [-0.15, -0.1) is 6.58 Å². The van der Waals surface area contributed by atoms with Crippen LogP contribution in [-0.2, 0) is 6.42 Å². The van der Waals surface area contributed by atoms with Gasteiger partial charge < -0.3 is 0 Å². The Morgan fingerprint density at radius 1 is 1.62 bits per heavy atom. The van der Waals surface area contributed by atoms with E-state index in [4.69, 9.17) is 11.6 Å². The molecular weight excluding hydrogens is 190 g/mol. The SMILES string of the molecule is C=CCc1ccc(Cl)c([N+](=O)[O-])c1. The van der Waals surface area contributed by atoms with Gasteiger partial charge in [0.05, 0.1) is 4.92 Å². The molecule has 0 atom stereocenters. The van der Waals surface area contributed by atoms with Crippen LogP contribution in [0, 0.1) is 10.1 Å². The van der Waals surface area contributed by atoms with E-state index >= 15 is 0 Å². The van der Waals surface area contributed by atoms with E-state index in [9.17, 15) is 10.1 Å². The fraction of sp³-hybridized carbons (Fsp3) is 0.111. The fourth-order valence-corrected chi connectivity index (χ4v) is 1.18. The molecule has 0 saturated heterocycles. The first-order valence-electron chi connectivity index (χ1n) is 3.69. The minimum atomic E-state index is -0.491. The van der Waals surface area contributed by atoms with Crippen molar-refractivity contribution in [3.63, 3.8) is 0 Å². The summed E-state index contributed by atoms with van der Waals surface area (Å²) in [5.41, 5.74) is 0.784. The zero-order valence-electron chi connectivity index (χ0n) is 6.87. The van der Waals surface area contributed by atoms with E-state index in [-0.39, 0.29) is 10.7 Å². The van der Waals surface area contributed by atoms with Crippen LogP contribution in [0.2, 0.25) is 5.02 Å². The van der Waals surface area contributed by atoms with Gasteiger partial charge in [0, 0.05) is 6.07 Å². The van der Waals surface area contributed by atoms with Crippen molar-refractivity contribution in [2.24, 2.45) is 0 Å². The molecule has 0 bridgehead atoms. The van der Waals surface area contributed by atoms with Crippen LogP contribution >= 0.6 is 11.6 Å². The van der Waals surface area contributed by atoms with E-state index in [1.54, 1.807) is 12.1 Å². The van der Waals surface area contributed by atoms with Gasteiger partial charge in [-0.25, -0.2) is 0 Å². The molecule has 0 aliphatic heterocycles. The van der Waals surface area contributed by atoms with Crippen molar-refractivity contribution in [3.05, 3.63) is 51.6 Å². The first kappa shape index (κ1) is 9.74. The highest BCUT2D eigenvalue weighted by Gasteiger charge is 2.11. The Hall–Kier alpha value is -1.35. The second-order valence-corrected chi connectivity index (χ2v) is 2.94. The summed E-state index contributed by atoms with van der Waals surface area (Å²) in [7, 11) is 0. The van der Waals surface area contributed by atoms with E-state index in [1.165, 1.54) is 12.1 Å². The van der Waals surface area contributed by atoms with Crippen molar-refractivity contribution >= 4 is 17.3 Å². The van der Waals surface area contributed by atoms with E-state index in [2.05, 4.69) is 6.58 Å². The average molecular weight is 198 g/mol. The molecular formula is C9H8ClNO2. The standard InChI is InChI=1S/C9H8ClNO2/c1-2-3-7-4-5-8(10)9(6-7)11(12)13/h2,4-6H,1,3H2. The molecule has 0 saturated carbocycles. The van der Waals surface area contributed by atoms with Crippen molar-refractivity contribution in [1.29, 1.82) is 0 Å². The molecule has 0 heterocycles. The molecule has 1 rings (SSSR count). The molecule has 0 N–H and O–H groups in total. The monoisotopic (exact) mass is 197 g/mol. The number of allylic oxidation sites excluding steroid dienone is 1. The van der Waals surface area contributed by atoms with Gasteiger partial charge in [0.15, 0.2) is 0 Å². The Kier molecular flexibility index (Phi) is 3.03. The van der Waals surface area contributed by atoms with Gasteiger partial charge >= 0.3 is 0 Å². The predicted molar refractivity (Wildman–Crippen MR) is 52.0 cm³/mol. The number of nitrogens with zero attached hydrogens (tertiary/aromatic N) is 1. The molecule has 0 aliphatic carbocycles. The van der Waals surface area contributed by atoms with Gasteiger partial charge in [-0.3, -0.25) is 10.1 Å². The number of benzene rings is 1. The zero-order chi connectivity index (χ0) is 9.84. The fourth-order valence-electron chi connectivity index (χ4n) is 0.992. The van der Waals surface area contributed by atoms with Crippen molar-refractivity contribution in [2.75, 3.05) is 0 Å². The maximum Gasteiger partial charge on any atom is 0.288 e. The third-order valence-electron chi connectivity index (χ3n) is 1.59. The molecule has 1 aromatic rings. The van der Waals surface area contributed by atoms with Crippen LogP contribution in [-0.4, -0.2) is 4.92 Å². The normalized spacial score (nSPS) is 9.62. The summed E-state index contributed by atoms with van der Waals surface area (Å²) in [6.07, 6.45) is 2.30. The van der Waals surface area contributed by atoms with Crippen molar-refractivity contribution < 1.29 is 4.92 Å². The van der Waals surface area contributed by atoms with Gasteiger partial charge in [-0.1, -0.05) is 23.7 Å². The van der Waals surface area contributed by atoms with E-state index < -0.39 is 4.92 Å². The number of hydrogen-bond acceptors (Lipinski definition) is 2. The van der Waals surface area contributed by atoms with E-state index in [1.807, 2.05) is 0 Å². The van der Waals surface area contributed by atoms with Crippen molar-refractivity contribution in [3.8, 4) is 0 Å². The van der Waals surface area contributed by atoms with Crippen LogP contribution in [0.25, 0.3) is 0 Å². The lowest BCUT2D eigenvalue weighted by atomic mass is 10.1. The summed E-state index contributed by atoms with van der Waals surface area (Å²) in [5.74, 6) is 0. The number of halogens is 1. The molecule has 0 unspecified atom stereocenters. The van der Waals surface area contributed by atoms with Gasteiger partial charge in [0.25, 0.3) is 5.69 Å². The van der Waals surface area contributed by atoms with Gasteiger partial charge in [0.1, 0.15) is 5.02 Å². The van der Waals surface area contributed by atoms with Crippen LogP contribution in [0.4, 0.5) is 5.69 Å². The quantitative estimate of drug-likeness (QED) is 0.425. The number of hydrogen-bond donors (Lipinski definition) is 0. The highest BCUT2D eigenvalue weighted by Crippen LogP contribution is 2.25. The summed E-state index contributed by atoms with van der Waals surface area (Å²) < 4.78 is 0. The highest BCUT2D eigenvalue weighted by atomic mass is 35.5. The molecule has 1 aromatic carbocycles. The van der Waals surface area contributed by atoms with Crippen molar-refractivity contribution in [2.45, 2.75) is 6.42 Å². The summed E-state index contributed by atoms with van der Waals surface area (Å²) in [6.45, 7) is 3.55. The first-order chi connectivity index (χ1) is 6.15. The van der Waals surface area contributed by atoms with Crippen molar-refractivity contribution in [1.82, 2.24) is 0 Å². The Labute approximate surface area is 80.8 Å². The van der Waals surface area contributed by atoms with E-state index in [0.29, 0.717) is 6.42 Å². The molecule has 0 amide bonds. The Balaban J connectivity index is 3.10. The van der Waals surface area contributed by atoms with Crippen LogP contribution in [0.15, 0.2) is 30.9 Å². The number of rotatable bonds is 3. The van der Waals surface area contributed by atoms with Gasteiger partial charge in [-0.2, -0.15) is 0 Å². The third-order valence-corrected chi connectivity index (χ3v) is 1.91. The third kappa shape index (κ3) is 2.29. The minimum absolute atomic E-state index is 0.0546. The largest absolute Gasteiger partial charge is 0.288 e. The molecule has 4 heteroatoms. The topological polar surface area (TPSA) is 43.1 Å².